The van der Waals surface area contributed by atoms with Crippen molar-refractivity contribution in [2.45, 2.75) is 24.9 Å². The van der Waals surface area contributed by atoms with Crippen LogP contribution in [0.4, 0.5) is 0 Å². The smallest absolute Gasteiger partial charge is 0.0793 e. The summed E-state index contributed by atoms with van der Waals surface area (Å²) in [5.74, 6) is 0.286. The molecule has 2 aromatic carbocycles. The number of rotatable bonds is 1. The second-order valence-corrected chi connectivity index (χ2v) is 5.76. The van der Waals surface area contributed by atoms with Gasteiger partial charge >= 0.3 is 0 Å². The third-order valence-corrected chi connectivity index (χ3v) is 4.54. The van der Waals surface area contributed by atoms with Gasteiger partial charge in [-0.1, -0.05) is 53.5 Å². The lowest BCUT2D eigenvalue weighted by molar-refractivity contribution is 0.153. The molecule has 1 N–H and O–H groups in total. The zero-order valence-corrected chi connectivity index (χ0v) is 11.8. The number of hydrogen-bond donors (Lipinski definition) is 1. The molecule has 1 nitrogen and oxygen atoms in total. The van der Waals surface area contributed by atoms with Crippen molar-refractivity contribution < 1.29 is 5.11 Å². The summed E-state index contributed by atoms with van der Waals surface area (Å²) in [4.78, 5) is 0. The fourth-order valence-electron chi connectivity index (χ4n) is 2.84. The Bertz CT molecular complexity index is 609. The fourth-order valence-corrected chi connectivity index (χ4v) is 3.15. The first-order valence-corrected chi connectivity index (χ1v) is 7.14. The van der Waals surface area contributed by atoms with Gasteiger partial charge in [0, 0.05) is 5.92 Å². The van der Waals surface area contributed by atoms with E-state index in [1.165, 1.54) is 5.56 Å². The van der Waals surface area contributed by atoms with Crippen molar-refractivity contribution in [2.24, 2.45) is 0 Å². The van der Waals surface area contributed by atoms with Gasteiger partial charge in [-0.2, -0.15) is 0 Å². The maximum absolute atomic E-state index is 10.1. The second-order valence-electron chi connectivity index (χ2n) is 4.95. The van der Waals surface area contributed by atoms with E-state index in [-0.39, 0.29) is 12.0 Å². The molecule has 1 aliphatic carbocycles. The van der Waals surface area contributed by atoms with Gasteiger partial charge in [0.25, 0.3) is 0 Å². The molecule has 0 aromatic heterocycles. The second kappa shape index (κ2) is 5.16. The predicted octanol–water partition coefficient (Wildman–Crippen LogP) is 4.95. The standard InChI is InChI=1S/C16H14Cl2O/c17-14-7-5-10(9-15(14)18)11-6-8-16(19)13-4-2-1-3-12(11)13/h1-5,7,9,11,16,19H,6,8H2/t11-,16?/m0/s1. The van der Waals surface area contributed by atoms with Crippen LogP contribution in [0.1, 0.15) is 41.6 Å². The summed E-state index contributed by atoms with van der Waals surface area (Å²) in [6.07, 6.45) is 1.35. The fraction of sp³-hybridized carbons (Fsp3) is 0.250. The van der Waals surface area contributed by atoms with Crippen molar-refractivity contribution in [3.63, 3.8) is 0 Å². The highest BCUT2D eigenvalue weighted by atomic mass is 35.5. The molecular weight excluding hydrogens is 279 g/mol. The number of benzene rings is 2. The minimum absolute atomic E-state index is 0.286. The van der Waals surface area contributed by atoms with E-state index in [2.05, 4.69) is 6.07 Å². The monoisotopic (exact) mass is 292 g/mol. The molecule has 0 aliphatic heterocycles. The number of hydrogen-bond acceptors (Lipinski definition) is 1. The van der Waals surface area contributed by atoms with Crippen LogP contribution in [-0.4, -0.2) is 5.11 Å². The summed E-state index contributed by atoms with van der Waals surface area (Å²) in [5.41, 5.74) is 3.39. The Morgan fingerprint density at radius 2 is 1.63 bits per heavy atom. The molecule has 2 aromatic rings. The minimum atomic E-state index is -0.352. The van der Waals surface area contributed by atoms with Crippen molar-refractivity contribution in [3.05, 3.63) is 69.2 Å². The Hall–Kier alpha value is -1.02. The SMILES string of the molecule is OC1CC[C@@H](c2ccc(Cl)c(Cl)c2)c2ccccc21. The molecule has 0 spiro atoms. The van der Waals surface area contributed by atoms with Crippen molar-refractivity contribution in [1.82, 2.24) is 0 Å². The average Bonchev–Trinajstić information content (AvgIpc) is 2.43. The Kier molecular flexibility index (Phi) is 3.53. The molecule has 1 aliphatic rings. The lowest BCUT2D eigenvalue weighted by Gasteiger charge is -2.29. The maximum Gasteiger partial charge on any atom is 0.0793 e. The average molecular weight is 293 g/mol. The molecule has 3 rings (SSSR count). The first kappa shape index (κ1) is 13.0. The zero-order chi connectivity index (χ0) is 13.4. The van der Waals surface area contributed by atoms with Gasteiger partial charge in [-0.25, -0.2) is 0 Å². The van der Waals surface area contributed by atoms with Crippen LogP contribution in [-0.2, 0) is 0 Å². The molecule has 0 radical (unpaired) electrons. The maximum atomic E-state index is 10.1. The summed E-state index contributed by atoms with van der Waals surface area (Å²) in [5, 5.41) is 11.2. The van der Waals surface area contributed by atoms with Crippen molar-refractivity contribution >= 4 is 23.2 Å². The van der Waals surface area contributed by atoms with Gasteiger partial charge in [0.05, 0.1) is 16.1 Å². The van der Waals surface area contributed by atoms with Crippen LogP contribution in [0.15, 0.2) is 42.5 Å². The third-order valence-electron chi connectivity index (χ3n) is 3.81. The third kappa shape index (κ3) is 2.38. The van der Waals surface area contributed by atoms with Gasteiger partial charge in [-0.3, -0.25) is 0 Å². The molecule has 98 valence electrons. The van der Waals surface area contributed by atoms with Crippen LogP contribution in [0.5, 0.6) is 0 Å². The number of fused-ring (bicyclic) bond motifs is 1. The molecule has 0 bridgehead atoms. The Morgan fingerprint density at radius 1 is 0.895 bits per heavy atom. The number of aliphatic hydroxyl groups excluding tert-OH is 1. The van der Waals surface area contributed by atoms with E-state index >= 15 is 0 Å². The topological polar surface area (TPSA) is 20.2 Å². The first-order valence-electron chi connectivity index (χ1n) is 6.38. The Labute approximate surface area is 122 Å². The number of halogens is 2. The summed E-state index contributed by atoms with van der Waals surface area (Å²) in [7, 11) is 0. The van der Waals surface area contributed by atoms with E-state index in [1.807, 2.05) is 36.4 Å². The van der Waals surface area contributed by atoms with Gasteiger partial charge in [-0.05, 0) is 41.7 Å². The summed E-state index contributed by atoms with van der Waals surface area (Å²) in [6.45, 7) is 0. The quantitative estimate of drug-likeness (QED) is 0.788. The van der Waals surface area contributed by atoms with E-state index in [9.17, 15) is 5.11 Å². The van der Waals surface area contributed by atoms with E-state index < -0.39 is 0 Å². The van der Waals surface area contributed by atoms with Gasteiger partial charge in [0.15, 0.2) is 0 Å². The van der Waals surface area contributed by atoms with Gasteiger partial charge in [-0.15, -0.1) is 0 Å². The van der Waals surface area contributed by atoms with Crippen molar-refractivity contribution in [1.29, 1.82) is 0 Å². The van der Waals surface area contributed by atoms with Gasteiger partial charge in [0.2, 0.25) is 0 Å². The highest BCUT2D eigenvalue weighted by Crippen LogP contribution is 2.42. The van der Waals surface area contributed by atoms with Crippen molar-refractivity contribution in [3.8, 4) is 0 Å². The molecule has 2 atom stereocenters. The highest BCUT2D eigenvalue weighted by Gasteiger charge is 2.26. The summed E-state index contributed by atoms with van der Waals surface area (Å²) in [6, 6.07) is 13.9. The molecule has 0 amide bonds. The van der Waals surface area contributed by atoms with Gasteiger partial charge < -0.3 is 5.11 Å². The zero-order valence-electron chi connectivity index (χ0n) is 10.3. The molecule has 1 unspecified atom stereocenters. The highest BCUT2D eigenvalue weighted by molar-refractivity contribution is 6.42. The Morgan fingerprint density at radius 3 is 2.37 bits per heavy atom. The van der Waals surface area contributed by atoms with Crippen LogP contribution < -0.4 is 0 Å². The molecule has 0 fully saturated rings. The van der Waals surface area contributed by atoms with Crippen LogP contribution in [0.2, 0.25) is 10.0 Å². The summed E-state index contributed by atoms with van der Waals surface area (Å²) < 4.78 is 0. The van der Waals surface area contributed by atoms with Crippen LogP contribution >= 0.6 is 23.2 Å². The van der Waals surface area contributed by atoms with Crippen LogP contribution in [0, 0.1) is 0 Å². The van der Waals surface area contributed by atoms with E-state index in [0.29, 0.717) is 10.0 Å². The van der Waals surface area contributed by atoms with E-state index in [1.54, 1.807) is 0 Å². The largest absolute Gasteiger partial charge is 0.388 e. The minimum Gasteiger partial charge on any atom is -0.388 e. The lowest BCUT2D eigenvalue weighted by Crippen LogP contribution is -2.15. The molecule has 0 saturated heterocycles. The molecule has 0 heterocycles. The van der Waals surface area contributed by atoms with Crippen molar-refractivity contribution in [2.75, 3.05) is 0 Å². The van der Waals surface area contributed by atoms with Gasteiger partial charge in [0.1, 0.15) is 0 Å². The first-order chi connectivity index (χ1) is 9.16. The lowest BCUT2D eigenvalue weighted by atomic mass is 9.78. The van der Waals surface area contributed by atoms with Crippen LogP contribution in [0.3, 0.4) is 0 Å². The molecule has 0 saturated carbocycles. The predicted molar refractivity (Wildman–Crippen MR) is 78.9 cm³/mol. The number of aliphatic hydroxyl groups is 1. The molecular formula is C16H14Cl2O. The van der Waals surface area contributed by atoms with Crippen LogP contribution in [0.25, 0.3) is 0 Å². The summed E-state index contributed by atoms with van der Waals surface area (Å²) >= 11 is 12.1. The molecule has 3 heteroatoms. The Balaban J connectivity index is 2.07. The molecule has 19 heavy (non-hydrogen) atoms. The van der Waals surface area contributed by atoms with E-state index in [4.69, 9.17) is 23.2 Å². The van der Waals surface area contributed by atoms with E-state index in [0.717, 1.165) is 24.0 Å². The normalized spacial score (nSPS) is 22.1.